The van der Waals surface area contributed by atoms with Crippen molar-refractivity contribution in [1.82, 2.24) is 9.88 Å². The number of aromatic nitrogens is 1. The van der Waals surface area contributed by atoms with E-state index in [0.29, 0.717) is 11.5 Å². The van der Waals surface area contributed by atoms with Crippen LogP contribution in [0, 0.1) is 12.8 Å². The molecule has 1 amide bonds. The highest BCUT2D eigenvalue weighted by Crippen LogP contribution is 2.26. The number of nitrogens with zero attached hydrogens (tertiary/aromatic N) is 2. The molecule has 1 N–H and O–H groups in total. The first kappa shape index (κ1) is 15.8. The number of pyridine rings is 1. The minimum absolute atomic E-state index is 0.0769. The van der Waals surface area contributed by atoms with Crippen LogP contribution in [0.5, 0.6) is 0 Å². The summed E-state index contributed by atoms with van der Waals surface area (Å²) in [5, 5.41) is 3.35. The molecule has 0 saturated heterocycles. The summed E-state index contributed by atoms with van der Waals surface area (Å²) in [7, 11) is 1.91. The molecule has 21 heavy (non-hydrogen) atoms. The summed E-state index contributed by atoms with van der Waals surface area (Å²) in [4.78, 5) is 18.8. The molecule has 0 radical (unpaired) electrons. The molecule has 1 fully saturated rings. The first-order valence-corrected chi connectivity index (χ1v) is 8.07. The SMILES string of the molecule is CCCNc1cc(C)ncc1C(=O)N(C)CC1CCCC1. The van der Waals surface area contributed by atoms with Gasteiger partial charge in [0, 0.05) is 32.0 Å². The molecule has 0 aromatic carbocycles. The quantitative estimate of drug-likeness (QED) is 0.872. The maximum absolute atomic E-state index is 12.7. The molecule has 0 spiro atoms. The van der Waals surface area contributed by atoms with E-state index in [-0.39, 0.29) is 5.91 Å². The van der Waals surface area contributed by atoms with Crippen LogP contribution in [0.4, 0.5) is 5.69 Å². The summed E-state index contributed by atoms with van der Waals surface area (Å²) in [5.41, 5.74) is 2.53. The Morgan fingerprint density at radius 1 is 1.43 bits per heavy atom. The van der Waals surface area contributed by atoms with Gasteiger partial charge in [0.2, 0.25) is 0 Å². The Balaban J connectivity index is 2.09. The smallest absolute Gasteiger partial charge is 0.257 e. The lowest BCUT2D eigenvalue weighted by atomic mass is 10.1. The summed E-state index contributed by atoms with van der Waals surface area (Å²) in [6.45, 7) is 5.80. The fraction of sp³-hybridized carbons (Fsp3) is 0.647. The van der Waals surface area contributed by atoms with Crippen molar-refractivity contribution in [2.45, 2.75) is 46.0 Å². The van der Waals surface area contributed by atoms with E-state index in [0.717, 1.165) is 30.9 Å². The Kier molecular flexibility index (Phi) is 5.59. The molecule has 1 aliphatic rings. The molecule has 1 aromatic rings. The van der Waals surface area contributed by atoms with E-state index >= 15 is 0 Å². The second-order valence-electron chi connectivity index (χ2n) is 6.13. The highest BCUT2D eigenvalue weighted by Gasteiger charge is 2.22. The minimum Gasteiger partial charge on any atom is -0.384 e. The minimum atomic E-state index is 0.0769. The number of hydrogen-bond acceptors (Lipinski definition) is 3. The van der Waals surface area contributed by atoms with Gasteiger partial charge < -0.3 is 10.2 Å². The molecule has 1 aromatic heterocycles. The number of carbonyl (C=O) groups excluding carboxylic acids is 1. The molecular formula is C17H27N3O. The van der Waals surface area contributed by atoms with Crippen molar-refractivity contribution >= 4 is 11.6 Å². The van der Waals surface area contributed by atoms with Gasteiger partial charge in [-0.05, 0) is 38.2 Å². The zero-order valence-electron chi connectivity index (χ0n) is 13.5. The van der Waals surface area contributed by atoms with Gasteiger partial charge in [-0.2, -0.15) is 0 Å². The number of carbonyl (C=O) groups is 1. The van der Waals surface area contributed by atoms with Crippen LogP contribution in [0.25, 0.3) is 0 Å². The van der Waals surface area contributed by atoms with E-state index in [1.165, 1.54) is 25.7 Å². The number of rotatable bonds is 6. The van der Waals surface area contributed by atoms with Crippen LogP contribution in [0.3, 0.4) is 0 Å². The zero-order chi connectivity index (χ0) is 15.2. The lowest BCUT2D eigenvalue weighted by Crippen LogP contribution is -2.31. The third-order valence-electron chi connectivity index (χ3n) is 4.19. The fourth-order valence-electron chi connectivity index (χ4n) is 3.00. The van der Waals surface area contributed by atoms with Gasteiger partial charge >= 0.3 is 0 Å². The summed E-state index contributed by atoms with van der Waals surface area (Å²) < 4.78 is 0. The predicted octanol–water partition coefficient (Wildman–Crippen LogP) is 3.47. The molecule has 1 heterocycles. The van der Waals surface area contributed by atoms with Crippen molar-refractivity contribution in [2.75, 3.05) is 25.5 Å². The van der Waals surface area contributed by atoms with Crippen molar-refractivity contribution in [3.8, 4) is 0 Å². The molecule has 0 aliphatic heterocycles. The number of amides is 1. The van der Waals surface area contributed by atoms with Gasteiger partial charge in [-0.3, -0.25) is 9.78 Å². The van der Waals surface area contributed by atoms with E-state index in [4.69, 9.17) is 0 Å². The summed E-state index contributed by atoms with van der Waals surface area (Å²) in [6, 6.07) is 1.96. The molecule has 1 saturated carbocycles. The number of nitrogens with one attached hydrogen (secondary N) is 1. The first-order valence-electron chi connectivity index (χ1n) is 8.07. The average Bonchev–Trinajstić information content (AvgIpc) is 2.97. The van der Waals surface area contributed by atoms with Gasteiger partial charge in [-0.15, -0.1) is 0 Å². The van der Waals surface area contributed by atoms with Crippen molar-refractivity contribution in [1.29, 1.82) is 0 Å². The Hall–Kier alpha value is -1.58. The molecule has 4 heteroatoms. The van der Waals surface area contributed by atoms with E-state index in [9.17, 15) is 4.79 Å². The molecular weight excluding hydrogens is 262 g/mol. The number of hydrogen-bond donors (Lipinski definition) is 1. The summed E-state index contributed by atoms with van der Waals surface area (Å²) in [6.07, 6.45) is 7.87. The Morgan fingerprint density at radius 2 is 2.14 bits per heavy atom. The van der Waals surface area contributed by atoms with Gasteiger partial charge in [-0.25, -0.2) is 0 Å². The van der Waals surface area contributed by atoms with Crippen LogP contribution in [0.1, 0.15) is 55.1 Å². The fourth-order valence-corrected chi connectivity index (χ4v) is 3.00. The van der Waals surface area contributed by atoms with E-state index in [2.05, 4.69) is 17.2 Å². The topological polar surface area (TPSA) is 45.2 Å². The largest absolute Gasteiger partial charge is 0.384 e. The van der Waals surface area contributed by atoms with Gasteiger partial charge in [0.1, 0.15) is 0 Å². The number of aryl methyl sites for hydroxylation is 1. The molecule has 116 valence electrons. The van der Waals surface area contributed by atoms with Crippen molar-refractivity contribution in [3.05, 3.63) is 23.5 Å². The Labute approximate surface area is 127 Å². The van der Waals surface area contributed by atoms with E-state index < -0.39 is 0 Å². The third-order valence-corrected chi connectivity index (χ3v) is 4.19. The molecule has 2 rings (SSSR count). The van der Waals surface area contributed by atoms with Crippen molar-refractivity contribution < 1.29 is 4.79 Å². The molecule has 1 aliphatic carbocycles. The second-order valence-corrected chi connectivity index (χ2v) is 6.13. The van der Waals surface area contributed by atoms with Gasteiger partial charge in [0.05, 0.1) is 11.3 Å². The Bertz CT molecular complexity index is 481. The zero-order valence-corrected chi connectivity index (χ0v) is 13.5. The maximum Gasteiger partial charge on any atom is 0.257 e. The monoisotopic (exact) mass is 289 g/mol. The Morgan fingerprint density at radius 3 is 2.81 bits per heavy atom. The van der Waals surface area contributed by atoms with Gasteiger partial charge in [0.15, 0.2) is 0 Å². The number of anilines is 1. The van der Waals surface area contributed by atoms with Crippen LogP contribution >= 0.6 is 0 Å². The highest BCUT2D eigenvalue weighted by atomic mass is 16.2. The lowest BCUT2D eigenvalue weighted by Gasteiger charge is -2.22. The van der Waals surface area contributed by atoms with Crippen LogP contribution in [0.15, 0.2) is 12.3 Å². The molecule has 4 nitrogen and oxygen atoms in total. The third kappa shape index (κ3) is 4.19. The summed E-state index contributed by atoms with van der Waals surface area (Å²) >= 11 is 0. The van der Waals surface area contributed by atoms with Gasteiger partial charge in [-0.1, -0.05) is 19.8 Å². The van der Waals surface area contributed by atoms with Crippen LogP contribution in [0.2, 0.25) is 0 Å². The van der Waals surface area contributed by atoms with Gasteiger partial charge in [0.25, 0.3) is 5.91 Å². The standard InChI is InChI=1S/C17H27N3O/c1-4-9-18-16-10-13(2)19-11-15(16)17(21)20(3)12-14-7-5-6-8-14/h10-11,14H,4-9,12H2,1-3H3,(H,18,19). The molecule has 0 atom stereocenters. The highest BCUT2D eigenvalue weighted by molar-refractivity contribution is 5.99. The van der Waals surface area contributed by atoms with Crippen molar-refractivity contribution in [3.63, 3.8) is 0 Å². The first-order chi connectivity index (χ1) is 10.1. The van der Waals surface area contributed by atoms with Crippen molar-refractivity contribution in [2.24, 2.45) is 5.92 Å². The average molecular weight is 289 g/mol. The van der Waals surface area contributed by atoms with Crippen LogP contribution < -0.4 is 5.32 Å². The van der Waals surface area contributed by atoms with E-state index in [1.807, 2.05) is 24.9 Å². The van der Waals surface area contributed by atoms with Crippen LogP contribution in [-0.4, -0.2) is 35.9 Å². The normalized spacial score (nSPS) is 15.2. The second kappa shape index (κ2) is 7.43. The maximum atomic E-state index is 12.7. The van der Waals surface area contributed by atoms with E-state index in [1.54, 1.807) is 6.20 Å². The summed E-state index contributed by atoms with van der Waals surface area (Å²) in [5.74, 6) is 0.748. The predicted molar refractivity (Wildman–Crippen MR) is 86.7 cm³/mol. The lowest BCUT2D eigenvalue weighted by molar-refractivity contribution is 0.0774. The molecule has 0 bridgehead atoms. The van der Waals surface area contributed by atoms with Crippen LogP contribution in [-0.2, 0) is 0 Å². The molecule has 0 unspecified atom stereocenters.